The highest BCUT2D eigenvalue weighted by atomic mass is 16.5. The molecule has 1 unspecified atom stereocenters. The summed E-state index contributed by atoms with van der Waals surface area (Å²) in [5, 5.41) is 11.5. The molecule has 5 nitrogen and oxygen atoms in total. The standard InChI is InChI=1S/C14H15NO4/c16-13(17)11-6-7-12(8-11)15-14(18)19-9-10-4-2-1-3-5-10/h1-6,12H,7-9H2,(H,15,18)(H,16,17). The topological polar surface area (TPSA) is 75.6 Å². The molecular formula is C14H15NO4. The van der Waals surface area contributed by atoms with E-state index in [9.17, 15) is 9.59 Å². The lowest BCUT2D eigenvalue weighted by atomic mass is 10.2. The quantitative estimate of drug-likeness (QED) is 0.870. The van der Waals surface area contributed by atoms with Gasteiger partial charge in [-0.15, -0.1) is 0 Å². The van der Waals surface area contributed by atoms with Crippen molar-refractivity contribution in [3.8, 4) is 0 Å². The highest BCUT2D eigenvalue weighted by Gasteiger charge is 2.23. The van der Waals surface area contributed by atoms with Gasteiger partial charge in [0.15, 0.2) is 0 Å². The lowest BCUT2D eigenvalue weighted by Gasteiger charge is -2.12. The number of hydrogen-bond acceptors (Lipinski definition) is 3. The lowest BCUT2D eigenvalue weighted by Crippen LogP contribution is -2.33. The maximum atomic E-state index is 11.5. The van der Waals surface area contributed by atoms with E-state index >= 15 is 0 Å². The molecule has 1 aromatic rings. The number of benzene rings is 1. The molecular weight excluding hydrogens is 246 g/mol. The number of carbonyl (C=O) groups is 2. The predicted octanol–water partition coefficient (Wildman–Crippen LogP) is 2.09. The summed E-state index contributed by atoms with van der Waals surface area (Å²) < 4.78 is 5.07. The van der Waals surface area contributed by atoms with Crippen LogP contribution < -0.4 is 5.32 Å². The fourth-order valence-electron chi connectivity index (χ4n) is 1.93. The SMILES string of the molecule is O=C(NC1CC=C(C(=O)O)C1)OCc1ccccc1. The minimum atomic E-state index is -0.929. The van der Waals surface area contributed by atoms with Crippen LogP contribution in [0.25, 0.3) is 0 Å². The predicted molar refractivity (Wildman–Crippen MR) is 68.5 cm³/mol. The number of amides is 1. The summed E-state index contributed by atoms with van der Waals surface area (Å²) in [4.78, 5) is 22.3. The Morgan fingerprint density at radius 3 is 2.68 bits per heavy atom. The average Bonchev–Trinajstić information content (AvgIpc) is 2.86. The Kier molecular flexibility index (Phi) is 4.18. The monoisotopic (exact) mass is 261 g/mol. The molecule has 100 valence electrons. The fourth-order valence-corrected chi connectivity index (χ4v) is 1.93. The largest absolute Gasteiger partial charge is 0.478 e. The van der Waals surface area contributed by atoms with Gasteiger partial charge in [0.05, 0.1) is 0 Å². The van der Waals surface area contributed by atoms with Gasteiger partial charge in [0.2, 0.25) is 0 Å². The lowest BCUT2D eigenvalue weighted by molar-refractivity contribution is -0.132. The van der Waals surface area contributed by atoms with Crippen molar-refractivity contribution in [2.75, 3.05) is 0 Å². The third kappa shape index (κ3) is 3.84. The number of hydrogen-bond donors (Lipinski definition) is 2. The second kappa shape index (κ2) is 6.04. The van der Waals surface area contributed by atoms with Crippen LogP contribution >= 0.6 is 0 Å². The average molecular weight is 261 g/mol. The van der Waals surface area contributed by atoms with Gasteiger partial charge < -0.3 is 15.2 Å². The normalized spacial score (nSPS) is 17.7. The third-order valence-corrected chi connectivity index (χ3v) is 2.92. The molecule has 0 spiro atoms. The summed E-state index contributed by atoms with van der Waals surface area (Å²) in [5.74, 6) is -0.929. The van der Waals surface area contributed by atoms with E-state index in [4.69, 9.17) is 9.84 Å². The minimum Gasteiger partial charge on any atom is -0.478 e. The molecule has 0 saturated heterocycles. The molecule has 0 radical (unpaired) electrons. The Bertz CT molecular complexity index is 495. The van der Waals surface area contributed by atoms with Crippen molar-refractivity contribution in [3.63, 3.8) is 0 Å². The number of nitrogens with one attached hydrogen (secondary N) is 1. The van der Waals surface area contributed by atoms with Gasteiger partial charge in [0.1, 0.15) is 6.61 Å². The van der Waals surface area contributed by atoms with Gasteiger partial charge in [-0.3, -0.25) is 0 Å². The van der Waals surface area contributed by atoms with Crippen LogP contribution in [0.3, 0.4) is 0 Å². The second-order valence-corrected chi connectivity index (χ2v) is 4.38. The first-order chi connectivity index (χ1) is 9.15. The number of aliphatic carboxylic acids is 1. The number of alkyl carbamates (subject to hydrolysis) is 1. The molecule has 1 amide bonds. The maximum absolute atomic E-state index is 11.5. The third-order valence-electron chi connectivity index (χ3n) is 2.92. The molecule has 0 aromatic heterocycles. The molecule has 0 saturated carbocycles. The van der Waals surface area contributed by atoms with Crippen molar-refractivity contribution < 1.29 is 19.4 Å². The van der Waals surface area contributed by atoms with E-state index in [2.05, 4.69) is 5.32 Å². The van der Waals surface area contributed by atoms with E-state index in [1.807, 2.05) is 30.3 Å². The Labute approximate surface area is 110 Å². The van der Waals surface area contributed by atoms with Crippen LogP contribution in [0, 0.1) is 0 Å². The van der Waals surface area contributed by atoms with E-state index < -0.39 is 12.1 Å². The minimum absolute atomic E-state index is 0.186. The number of carboxylic acid groups (broad SMARTS) is 1. The molecule has 1 atom stereocenters. The summed E-state index contributed by atoms with van der Waals surface area (Å²) in [6, 6.07) is 9.18. The number of carbonyl (C=O) groups excluding carboxylic acids is 1. The summed E-state index contributed by atoms with van der Waals surface area (Å²) in [7, 11) is 0. The molecule has 0 aliphatic heterocycles. The second-order valence-electron chi connectivity index (χ2n) is 4.38. The molecule has 0 heterocycles. The molecule has 2 N–H and O–H groups in total. The van der Waals surface area contributed by atoms with E-state index in [-0.39, 0.29) is 12.6 Å². The molecule has 1 aliphatic rings. The molecule has 5 heteroatoms. The van der Waals surface area contributed by atoms with Gasteiger partial charge in [-0.2, -0.15) is 0 Å². The molecule has 19 heavy (non-hydrogen) atoms. The smallest absolute Gasteiger partial charge is 0.407 e. The molecule has 2 rings (SSSR count). The molecule has 0 bridgehead atoms. The van der Waals surface area contributed by atoms with E-state index in [1.165, 1.54) is 0 Å². The summed E-state index contributed by atoms with van der Waals surface area (Å²) >= 11 is 0. The molecule has 0 fully saturated rings. The van der Waals surface area contributed by atoms with E-state index in [1.54, 1.807) is 6.08 Å². The van der Waals surface area contributed by atoms with Crippen LogP contribution in [0.15, 0.2) is 42.0 Å². The fraction of sp³-hybridized carbons (Fsp3) is 0.286. The Morgan fingerprint density at radius 2 is 2.05 bits per heavy atom. The van der Waals surface area contributed by atoms with Crippen molar-refractivity contribution in [2.45, 2.75) is 25.5 Å². The first-order valence-corrected chi connectivity index (χ1v) is 6.04. The Morgan fingerprint density at radius 1 is 1.32 bits per heavy atom. The van der Waals surface area contributed by atoms with Crippen molar-refractivity contribution >= 4 is 12.1 Å². The number of carboxylic acids is 1. The van der Waals surface area contributed by atoms with Crippen molar-refractivity contribution in [1.82, 2.24) is 5.32 Å². The summed E-state index contributed by atoms with van der Waals surface area (Å²) in [6.45, 7) is 0.207. The van der Waals surface area contributed by atoms with Crippen LogP contribution in [0.2, 0.25) is 0 Å². The van der Waals surface area contributed by atoms with Gasteiger partial charge in [-0.25, -0.2) is 9.59 Å². The van der Waals surface area contributed by atoms with E-state index in [0.29, 0.717) is 18.4 Å². The Balaban J connectivity index is 1.73. The van der Waals surface area contributed by atoms with E-state index in [0.717, 1.165) is 5.56 Å². The van der Waals surface area contributed by atoms with Crippen molar-refractivity contribution in [2.24, 2.45) is 0 Å². The Hall–Kier alpha value is -2.30. The molecule has 1 aliphatic carbocycles. The van der Waals surface area contributed by atoms with Crippen molar-refractivity contribution in [3.05, 3.63) is 47.5 Å². The van der Waals surface area contributed by atoms with Gasteiger partial charge in [0, 0.05) is 11.6 Å². The van der Waals surface area contributed by atoms with Gasteiger partial charge in [-0.05, 0) is 18.4 Å². The number of ether oxygens (including phenoxy) is 1. The zero-order valence-corrected chi connectivity index (χ0v) is 10.3. The van der Waals surface area contributed by atoms with Crippen molar-refractivity contribution in [1.29, 1.82) is 0 Å². The first kappa shape index (κ1) is 13.1. The van der Waals surface area contributed by atoms with Crippen LogP contribution in [0.1, 0.15) is 18.4 Å². The van der Waals surface area contributed by atoms with Gasteiger partial charge >= 0.3 is 12.1 Å². The van der Waals surface area contributed by atoms with Gasteiger partial charge in [0.25, 0.3) is 0 Å². The molecule has 1 aromatic carbocycles. The summed E-state index contributed by atoms with van der Waals surface area (Å²) in [6.07, 6.45) is 1.98. The summed E-state index contributed by atoms with van der Waals surface area (Å²) in [5.41, 5.74) is 1.25. The zero-order chi connectivity index (χ0) is 13.7. The van der Waals surface area contributed by atoms with Crippen LogP contribution in [0.5, 0.6) is 0 Å². The van der Waals surface area contributed by atoms with Crippen LogP contribution in [0.4, 0.5) is 4.79 Å². The highest BCUT2D eigenvalue weighted by molar-refractivity contribution is 5.87. The van der Waals surface area contributed by atoms with Crippen LogP contribution in [-0.2, 0) is 16.1 Å². The highest BCUT2D eigenvalue weighted by Crippen LogP contribution is 2.18. The van der Waals surface area contributed by atoms with Crippen LogP contribution in [-0.4, -0.2) is 23.2 Å². The first-order valence-electron chi connectivity index (χ1n) is 6.04. The zero-order valence-electron chi connectivity index (χ0n) is 10.3. The van der Waals surface area contributed by atoms with Gasteiger partial charge in [-0.1, -0.05) is 36.4 Å². The number of rotatable bonds is 4. The maximum Gasteiger partial charge on any atom is 0.407 e.